The van der Waals surface area contributed by atoms with E-state index in [0.29, 0.717) is 50.4 Å². The number of aromatic nitrogens is 3. The largest absolute Gasteiger partial charge is 0.464 e. The summed E-state index contributed by atoms with van der Waals surface area (Å²) in [5.74, 6) is -1.46. The van der Waals surface area contributed by atoms with Crippen molar-refractivity contribution in [2.75, 3.05) is 60.5 Å². The maximum absolute atomic E-state index is 14.7. The second-order valence-electron chi connectivity index (χ2n) is 20.3. The van der Waals surface area contributed by atoms with E-state index in [0.717, 1.165) is 77.0 Å². The minimum absolute atomic E-state index is 0. The predicted molar refractivity (Wildman–Crippen MR) is 298 cm³/mol. The molecule has 7 heterocycles. The number of fused-ring (bicyclic) bond motifs is 6. The molecule has 0 unspecified atom stereocenters. The topological polar surface area (TPSA) is 154 Å². The maximum atomic E-state index is 14.7. The molecule has 20 heteroatoms. The number of carbonyl (C=O) groups is 4. The number of carbonyl (C=O) groups excluding carboxylic acids is 4. The number of piperidine rings is 1. The fourth-order valence-electron chi connectivity index (χ4n) is 10.7. The number of rotatable bonds is 8. The molecule has 388 valence electrons. The molecule has 2 N–H and O–H groups in total. The number of likely N-dealkylation sites (N-methyl/N-ethyl adjacent to an activating group) is 1. The number of cyclic esters (lactones) is 1. The van der Waals surface area contributed by atoms with E-state index >= 15 is 0 Å². The van der Waals surface area contributed by atoms with Crippen LogP contribution in [0.5, 0.6) is 0 Å². The molecule has 0 radical (unpaired) electrons. The summed E-state index contributed by atoms with van der Waals surface area (Å²) in [7, 11) is 5.54. The van der Waals surface area contributed by atoms with Crippen LogP contribution < -0.4 is 10.7 Å². The van der Waals surface area contributed by atoms with Gasteiger partial charge in [0.1, 0.15) is 18.1 Å². The van der Waals surface area contributed by atoms with Gasteiger partial charge < -0.3 is 34.1 Å². The maximum Gasteiger partial charge on any atom is 0.324 e. The van der Waals surface area contributed by atoms with Crippen LogP contribution in [0, 0.1) is 16.7 Å². The smallest absolute Gasteiger partial charge is 0.324 e. The van der Waals surface area contributed by atoms with Crippen molar-refractivity contribution >= 4 is 100 Å². The quantitative estimate of drug-likeness (QED) is 0.174. The second-order valence-corrected chi connectivity index (χ2v) is 21.3. The summed E-state index contributed by atoms with van der Waals surface area (Å²) in [5, 5.41) is 8.30. The van der Waals surface area contributed by atoms with E-state index in [1.807, 2.05) is 37.1 Å². The molecule has 4 aromatic rings. The summed E-state index contributed by atoms with van der Waals surface area (Å²) in [6.45, 7) is 16.8. The Hall–Kier alpha value is -3.50. The SMILES string of the molecule is CCn1c(-c2cccnc2[C@H](C)OC)c2c3cc(ccc31)-c1csc(n1)C[C@H](NC(=O)[C@H](C(C)C)N(C)C(=O)N1CCC3(CCN(C)CC3)C1)C(=O)N1CCC[C@H](N1)C(=O)OCC(C)(C)C2.S.S.S.S. The summed E-state index contributed by atoms with van der Waals surface area (Å²) in [5.41, 5.74) is 9.57. The number of aryl methyl sites for hydroxylation is 1. The third kappa shape index (κ3) is 12.3. The van der Waals surface area contributed by atoms with Crippen LogP contribution in [0.2, 0.25) is 0 Å². The van der Waals surface area contributed by atoms with Crippen LogP contribution >= 0.6 is 65.3 Å². The van der Waals surface area contributed by atoms with Crippen molar-refractivity contribution in [2.24, 2.45) is 16.7 Å². The van der Waals surface area contributed by atoms with Crippen molar-refractivity contribution in [3.05, 3.63) is 58.2 Å². The number of likely N-dealkylation sites (tertiary alicyclic amines) is 2. The number of pyridine rings is 1. The third-order valence-corrected chi connectivity index (χ3v) is 15.4. The Morgan fingerprint density at radius 3 is 2.44 bits per heavy atom. The molecule has 4 atom stereocenters. The van der Waals surface area contributed by atoms with Crippen molar-refractivity contribution < 1.29 is 28.7 Å². The van der Waals surface area contributed by atoms with Gasteiger partial charge in [-0.25, -0.2) is 15.2 Å². The average Bonchev–Trinajstić information content (AvgIpc) is 4.04. The fourth-order valence-corrected chi connectivity index (χ4v) is 11.5. The lowest BCUT2D eigenvalue weighted by atomic mass is 9.78. The molecule has 3 saturated heterocycles. The van der Waals surface area contributed by atoms with Gasteiger partial charge in [0.25, 0.3) is 5.91 Å². The number of methoxy groups -OCH3 is 1. The van der Waals surface area contributed by atoms with Crippen LogP contribution in [-0.2, 0) is 43.2 Å². The molecule has 4 amide bonds. The van der Waals surface area contributed by atoms with Gasteiger partial charge in [-0.1, -0.05) is 33.8 Å². The summed E-state index contributed by atoms with van der Waals surface area (Å²) in [6, 6.07) is 7.70. The van der Waals surface area contributed by atoms with Crippen LogP contribution in [0.3, 0.4) is 0 Å². The molecule has 4 aliphatic heterocycles. The molecule has 0 saturated carbocycles. The van der Waals surface area contributed by atoms with Gasteiger partial charge in [-0.05, 0) is 114 Å². The zero-order valence-corrected chi connectivity index (χ0v) is 47.1. The van der Waals surface area contributed by atoms with Gasteiger partial charge in [0.05, 0.1) is 34.8 Å². The van der Waals surface area contributed by atoms with E-state index in [1.54, 1.807) is 25.3 Å². The van der Waals surface area contributed by atoms with E-state index in [-0.39, 0.29) is 96.4 Å². The first-order chi connectivity index (χ1) is 31.5. The number of benzene rings is 1. The zero-order valence-electron chi connectivity index (χ0n) is 42.3. The highest BCUT2D eigenvalue weighted by Crippen LogP contribution is 2.43. The molecular weight excluding hydrogens is 983 g/mol. The van der Waals surface area contributed by atoms with E-state index in [2.05, 4.69) is 72.3 Å². The number of esters is 1. The normalized spacial score (nSPS) is 21.1. The standard InChI is InChI=1S/C50H69N9O6S.4H2S/c1-10-58-40-16-15-33-25-35(40)36(44(58)34-13-11-20-51-42(34)32(4)64-9)27-49(5,6)30-65-47(62)37-14-12-21-59(54-37)46(61)38(26-41-52-39(33)28-66-41)53-45(60)43(31(2)3)56(8)48(63)57-24-19-50(29-57)17-22-55(7)23-18-50;;;;/h11,13,15-16,20,25,28,31-32,37-38,43,54H,10,12,14,17-19,21-24,26-27,29-30H2,1-9H3,(H,53,60);4*1H2/t32-,37-,38-,43-;;;;/m0..../s1. The van der Waals surface area contributed by atoms with Gasteiger partial charge in [-0.15, -0.1) is 11.3 Å². The van der Waals surface area contributed by atoms with Crippen molar-refractivity contribution in [3.63, 3.8) is 0 Å². The molecule has 1 spiro atoms. The van der Waals surface area contributed by atoms with Crippen molar-refractivity contribution in [1.82, 2.24) is 45.0 Å². The third-order valence-electron chi connectivity index (χ3n) is 14.5. The van der Waals surface area contributed by atoms with Crippen LogP contribution in [0.25, 0.3) is 33.4 Å². The first-order valence-corrected chi connectivity index (χ1v) is 24.7. The van der Waals surface area contributed by atoms with Gasteiger partial charge in [0, 0.05) is 85.8 Å². The molecule has 3 fully saturated rings. The van der Waals surface area contributed by atoms with Crippen molar-refractivity contribution in [2.45, 2.75) is 117 Å². The van der Waals surface area contributed by atoms with Gasteiger partial charge >= 0.3 is 12.0 Å². The summed E-state index contributed by atoms with van der Waals surface area (Å²) >= 11 is 1.44. The molecule has 0 aliphatic carbocycles. The number of urea groups is 1. The van der Waals surface area contributed by atoms with Crippen LogP contribution in [0.4, 0.5) is 4.79 Å². The van der Waals surface area contributed by atoms with Gasteiger partial charge in [-0.2, -0.15) is 54.0 Å². The van der Waals surface area contributed by atoms with Crippen LogP contribution in [0.15, 0.2) is 41.9 Å². The van der Waals surface area contributed by atoms with E-state index in [1.165, 1.54) is 16.3 Å². The number of nitrogens with zero attached hydrogens (tertiary/aromatic N) is 7. The predicted octanol–water partition coefficient (Wildman–Crippen LogP) is 7.15. The highest BCUT2D eigenvalue weighted by atomic mass is 32.1. The zero-order chi connectivity index (χ0) is 47.1. The Labute approximate surface area is 446 Å². The van der Waals surface area contributed by atoms with Crippen LogP contribution in [0.1, 0.15) is 96.0 Å². The van der Waals surface area contributed by atoms with E-state index < -0.39 is 35.4 Å². The molecular formula is C50H77N9O6S5. The Balaban J connectivity index is 0.00000266. The van der Waals surface area contributed by atoms with E-state index in [9.17, 15) is 19.2 Å². The summed E-state index contributed by atoms with van der Waals surface area (Å²) in [6.07, 6.45) is 6.40. The number of nitrogens with one attached hydrogen (secondary N) is 2. The van der Waals surface area contributed by atoms with Crippen LogP contribution in [-0.4, -0.2) is 137 Å². The number of hydrogen-bond donors (Lipinski definition) is 2. The first-order valence-electron chi connectivity index (χ1n) is 23.8. The molecule has 3 aromatic heterocycles. The number of ether oxygens (including phenoxy) is 2. The average molecular weight is 1060 g/mol. The molecule has 15 nitrogen and oxygen atoms in total. The molecule has 8 rings (SSSR count). The highest BCUT2D eigenvalue weighted by molar-refractivity contribution is 7.59. The minimum Gasteiger partial charge on any atom is -0.464 e. The summed E-state index contributed by atoms with van der Waals surface area (Å²) in [4.78, 5) is 73.1. The van der Waals surface area contributed by atoms with Gasteiger partial charge in [0.15, 0.2) is 0 Å². The number of hydrazine groups is 1. The Bertz CT molecular complexity index is 2460. The monoisotopic (exact) mass is 1060 g/mol. The van der Waals surface area contributed by atoms with Gasteiger partial charge in [-0.3, -0.25) is 24.4 Å². The molecule has 4 aliphatic rings. The summed E-state index contributed by atoms with van der Waals surface area (Å²) < 4.78 is 14.3. The Morgan fingerprint density at radius 2 is 1.76 bits per heavy atom. The minimum atomic E-state index is -1.03. The molecule has 1 aromatic carbocycles. The molecule has 6 bridgehead atoms. The fraction of sp³-hybridized carbons (Fsp3) is 0.600. The number of amides is 4. The lowest BCUT2D eigenvalue weighted by Crippen LogP contribution is -2.62. The molecule has 70 heavy (non-hydrogen) atoms. The lowest BCUT2D eigenvalue weighted by molar-refractivity contribution is -0.155. The lowest BCUT2D eigenvalue weighted by Gasteiger charge is -2.39. The van der Waals surface area contributed by atoms with Crippen molar-refractivity contribution in [3.8, 4) is 22.5 Å². The first kappa shape index (κ1) is 59.1. The Morgan fingerprint density at radius 1 is 1.04 bits per heavy atom. The van der Waals surface area contributed by atoms with Gasteiger partial charge in [0.2, 0.25) is 5.91 Å². The Kier molecular flexibility index (Phi) is 20.7. The van der Waals surface area contributed by atoms with Crippen molar-refractivity contribution in [1.29, 1.82) is 0 Å². The number of hydrogen-bond acceptors (Lipinski definition) is 11. The highest BCUT2D eigenvalue weighted by Gasteiger charge is 2.44. The second kappa shape index (κ2) is 24.5. The van der Waals surface area contributed by atoms with E-state index in [4.69, 9.17) is 19.4 Å². The number of thiazole rings is 1.